The third-order valence-corrected chi connectivity index (χ3v) is 11.6. The summed E-state index contributed by atoms with van der Waals surface area (Å²) in [6.45, 7) is 4.71. The standard InChI is InChI=1S/C51H42N2O/c1-51(2)45-22-13-12-21-42(45)43-31-29-41(34-46(43)51)52(39-27-25-36(26-28-39)35-15-6-3-7-16-35)40-30-32-48-44(33-40)50-47(23-14-24-49(50)54-48)53(37-17-8-4-9-18-37)38-19-10-5-11-20-38/h3-10,12-17,19,21-34,37H,11,18,20H2,1-2H3. The lowest BCUT2D eigenvalue weighted by Gasteiger charge is -2.35. The van der Waals surface area contributed by atoms with Gasteiger partial charge >= 0.3 is 0 Å². The van der Waals surface area contributed by atoms with Gasteiger partial charge in [0.25, 0.3) is 0 Å². The van der Waals surface area contributed by atoms with Crippen molar-refractivity contribution in [3.8, 4) is 22.3 Å². The van der Waals surface area contributed by atoms with E-state index in [9.17, 15) is 0 Å². The third kappa shape index (κ3) is 5.34. The van der Waals surface area contributed by atoms with Crippen molar-refractivity contribution in [3.05, 3.63) is 193 Å². The van der Waals surface area contributed by atoms with Crippen molar-refractivity contribution in [2.45, 2.75) is 44.6 Å². The van der Waals surface area contributed by atoms with Gasteiger partial charge in [0.1, 0.15) is 11.2 Å². The zero-order chi connectivity index (χ0) is 36.2. The fourth-order valence-corrected chi connectivity index (χ4v) is 8.94. The van der Waals surface area contributed by atoms with Crippen LogP contribution in [0.5, 0.6) is 0 Å². The first-order chi connectivity index (χ1) is 26.5. The number of anilines is 4. The monoisotopic (exact) mass is 698 g/mol. The molecule has 0 fully saturated rings. The van der Waals surface area contributed by atoms with Gasteiger partial charge in [-0.25, -0.2) is 0 Å². The summed E-state index contributed by atoms with van der Waals surface area (Å²) in [5.74, 6) is 0. The molecule has 1 unspecified atom stereocenters. The minimum Gasteiger partial charge on any atom is -0.456 e. The average molecular weight is 699 g/mol. The molecule has 3 aliphatic rings. The van der Waals surface area contributed by atoms with Crippen LogP contribution in [-0.4, -0.2) is 6.04 Å². The Balaban J connectivity index is 1.16. The topological polar surface area (TPSA) is 19.6 Å². The fourth-order valence-electron chi connectivity index (χ4n) is 8.94. The summed E-state index contributed by atoms with van der Waals surface area (Å²) in [7, 11) is 0. The van der Waals surface area contributed by atoms with Gasteiger partial charge in [0, 0.05) is 33.6 Å². The first kappa shape index (κ1) is 32.3. The molecule has 0 N–H and O–H groups in total. The van der Waals surface area contributed by atoms with Crippen molar-refractivity contribution in [2.75, 3.05) is 9.80 Å². The van der Waals surface area contributed by atoms with Crippen LogP contribution in [-0.2, 0) is 5.41 Å². The van der Waals surface area contributed by atoms with E-state index in [-0.39, 0.29) is 11.5 Å². The lowest BCUT2D eigenvalue weighted by atomic mass is 9.82. The SMILES string of the molecule is CC1(C)c2ccccc2-c2ccc(N(c3ccc(-c4ccccc4)cc3)c3ccc4oc5cccc(N(C6=CC=CCC6)C6C=CC=CC6)c5c4c3)cc21. The maximum absolute atomic E-state index is 6.64. The Kier molecular flexibility index (Phi) is 7.76. The molecule has 6 aromatic carbocycles. The summed E-state index contributed by atoms with van der Waals surface area (Å²) in [5, 5.41) is 2.27. The highest BCUT2D eigenvalue weighted by Gasteiger charge is 2.36. The normalized spacial score (nSPS) is 16.7. The van der Waals surface area contributed by atoms with Gasteiger partial charge in [0.15, 0.2) is 0 Å². The summed E-state index contributed by atoms with van der Waals surface area (Å²) >= 11 is 0. The molecule has 3 heteroatoms. The van der Waals surface area contributed by atoms with Gasteiger partial charge in [0.05, 0.1) is 17.1 Å². The van der Waals surface area contributed by atoms with Crippen LogP contribution in [0.3, 0.4) is 0 Å². The molecule has 0 saturated heterocycles. The van der Waals surface area contributed by atoms with Crippen LogP contribution in [0.25, 0.3) is 44.2 Å². The van der Waals surface area contributed by atoms with Crippen LogP contribution in [0.15, 0.2) is 186 Å². The number of allylic oxidation sites excluding steroid dienone is 6. The number of furan rings is 1. The predicted octanol–water partition coefficient (Wildman–Crippen LogP) is 14.0. The minimum atomic E-state index is -0.112. The van der Waals surface area contributed by atoms with Crippen LogP contribution in [0.1, 0.15) is 44.2 Å². The summed E-state index contributed by atoms with van der Waals surface area (Å²) in [5.41, 5.74) is 15.3. The molecule has 0 saturated carbocycles. The molecule has 0 radical (unpaired) electrons. The molecular weight excluding hydrogens is 657 g/mol. The molecule has 0 amide bonds. The van der Waals surface area contributed by atoms with Crippen LogP contribution < -0.4 is 9.80 Å². The highest BCUT2D eigenvalue weighted by molar-refractivity contribution is 6.13. The van der Waals surface area contributed by atoms with Gasteiger partial charge in [-0.2, -0.15) is 0 Å². The van der Waals surface area contributed by atoms with E-state index in [0.717, 1.165) is 58.3 Å². The van der Waals surface area contributed by atoms with Crippen molar-refractivity contribution in [1.29, 1.82) is 0 Å². The molecule has 0 spiro atoms. The Hall–Kier alpha value is -6.32. The smallest absolute Gasteiger partial charge is 0.137 e. The molecule has 1 aromatic heterocycles. The van der Waals surface area contributed by atoms with Crippen LogP contribution >= 0.6 is 0 Å². The van der Waals surface area contributed by atoms with Gasteiger partial charge in [-0.3, -0.25) is 0 Å². The first-order valence-electron chi connectivity index (χ1n) is 19.2. The fraction of sp³-hybridized carbons (Fsp3) is 0.137. The van der Waals surface area contributed by atoms with Crippen molar-refractivity contribution >= 4 is 44.7 Å². The van der Waals surface area contributed by atoms with Gasteiger partial charge < -0.3 is 14.2 Å². The number of fused-ring (bicyclic) bond motifs is 6. The van der Waals surface area contributed by atoms with Gasteiger partial charge in [-0.1, -0.05) is 129 Å². The summed E-state index contributed by atoms with van der Waals surface area (Å²) < 4.78 is 6.64. The average Bonchev–Trinajstić information content (AvgIpc) is 3.71. The van der Waals surface area contributed by atoms with Crippen molar-refractivity contribution < 1.29 is 4.42 Å². The zero-order valence-corrected chi connectivity index (χ0v) is 30.7. The quantitative estimate of drug-likeness (QED) is 0.165. The zero-order valence-electron chi connectivity index (χ0n) is 30.7. The first-order valence-corrected chi connectivity index (χ1v) is 19.2. The van der Waals surface area contributed by atoms with E-state index >= 15 is 0 Å². The molecule has 54 heavy (non-hydrogen) atoms. The number of nitrogens with zero attached hydrogens (tertiary/aromatic N) is 2. The number of hydrogen-bond acceptors (Lipinski definition) is 3. The Bertz CT molecular complexity index is 2670. The van der Waals surface area contributed by atoms with E-state index < -0.39 is 0 Å². The second kappa shape index (κ2) is 13.0. The van der Waals surface area contributed by atoms with Crippen molar-refractivity contribution in [1.82, 2.24) is 0 Å². The van der Waals surface area contributed by atoms with Crippen LogP contribution in [0, 0.1) is 0 Å². The lowest BCUT2D eigenvalue weighted by molar-refractivity contribution is 0.660. The Morgan fingerprint density at radius 1 is 0.611 bits per heavy atom. The second-order valence-electron chi connectivity index (χ2n) is 15.2. The van der Waals surface area contributed by atoms with E-state index in [4.69, 9.17) is 4.42 Å². The van der Waals surface area contributed by atoms with E-state index in [2.05, 4.69) is 200 Å². The predicted molar refractivity (Wildman–Crippen MR) is 227 cm³/mol. The number of rotatable bonds is 7. The van der Waals surface area contributed by atoms with E-state index in [1.54, 1.807) is 0 Å². The summed E-state index contributed by atoms with van der Waals surface area (Å²) in [4.78, 5) is 4.96. The van der Waals surface area contributed by atoms with E-state index in [0.29, 0.717) is 0 Å². The third-order valence-electron chi connectivity index (χ3n) is 11.6. The Labute approximate surface area is 317 Å². The maximum Gasteiger partial charge on any atom is 0.137 e. The molecule has 0 aliphatic heterocycles. The molecule has 7 aromatic rings. The maximum atomic E-state index is 6.64. The minimum absolute atomic E-state index is 0.112. The molecule has 1 heterocycles. The second-order valence-corrected chi connectivity index (χ2v) is 15.2. The van der Waals surface area contributed by atoms with Crippen molar-refractivity contribution in [3.63, 3.8) is 0 Å². The largest absolute Gasteiger partial charge is 0.456 e. The molecule has 10 rings (SSSR count). The molecule has 0 bridgehead atoms. The molecule has 3 aliphatic carbocycles. The van der Waals surface area contributed by atoms with E-state index in [1.165, 1.54) is 44.8 Å². The van der Waals surface area contributed by atoms with Gasteiger partial charge in [-0.15, -0.1) is 0 Å². The van der Waals surface area contributed by atoms with Gasteiger partial charge in [0.2, 0.25) is 0 Å². The number of benzene rings is 6. The van der Waals surface area contributed by atoms with Gasteiger partial charge in [-0.05, 0) is 113 Å². The highest BCUT2D eigenvalue weighted by atomic mass is 16.3. The summed E-state index contributed by atoms with van der Waals surface area (Å²) in [6, 6.07) is 49.0. The summed E-state index contributed by atoms with van der Waals surface area (Å²) in [6.07, 6.45) is 18.7. The molecule has 262 valence electrons. The molecule has 3 nitrogen and oxygen atoms in total. The highest BCUT2D eigenvalue weighted by Crippen LogP contribution is 2.51. The number of hydrogen-bond donors (Lipinski definition) is 0. The Morgan fingerprint density at radius 2 is 1.37 bits per heavy atom. The van der Waals surface area contributed by atoms with Crippen LogP contribution in [0.4, 0.5) is 22.7 Å². The van der Waals surface area contributed by atoms with Crippen molar-refractivity contribution in [2.24, 2.45) is 0 Å². The lowest BCUT2D eigenvalue weighted by Crippen LogP contribution is -2.34. The van der Waals surface area contributed by atoms with E-state index in [1.807, 2.05) is 0 Å². The molecule has 1 atom stereocenters. The van der Waals surface area contributed by atoms with Crippen LogP contribution in [0.2, 0.25) is 0 Å². The molecular formula is C51H42N2O. The Morgan fingerprint density at radius 3 is 2.19 bits per heavy atom.